The number of rotatable bonds is 8. The minimum Gasteiger partial charge on any atom is -0.473 e. The van der Waals surface area contributed by atoms with Gasteiger partial charge >= 0.3 is 0 Å². The molecule has 1 unspecified atom stereocenters. The number of nitrogens with zero attached hydrogens (tertiary/aromatic N) is 2. The molecule has 31 heavy (non-hydrogen) atoms. The molecule has 5 nitrogen and oxygen atoms in total. The van der Waals surface area contributed by atoms with Crippen molar-refractivity contribution in [2.75, 3.05) is 6.54 Å². The van der Waals surface area contributed by atoms with Crippen LogP contribution in [-0.4, -0.2) is 39.1 Å². The smallest absolute Gasteiger partial charge is 0.229 e. The first-order chi connectivity index (χ1) is 14.6. The average Bonchev–Trinajstić information content (AvgIpc) is 3.06. The number of ether oxygens (including phenoxy) is 1. The lowest BCUT2D eigenvalue weighted by molar-refractivity contribution is -0.141. The van der Waals surface area contributed by atoms with Crippen LogP contribution in [0.1, 0.15) is 71.8 Å². The number of pyridine rings is 1. The lowest BCUT2D eigenvalue weighted by atomic mass is 9.67. The van der Waals surface area contributed by atoms with E-state index in [9.17, 15) is 9.90 Å². The molecule has 0 bridgehead atoms. The molecule has 1 saturated carbocycles. The van der Waals surface area contributed by atoms with E-state index in [1.54, 1.807) is 6.20 Å². The van der Waals surface area contributed by atoms with Gasteiger partial charge in [0, 0.05) is 30.8 Å². The average molecular weight is 427 g/mol. The maximum Gasteiger partial charge on any atom is 0.229 e. The van der Waals surface area contributed by atoms with Crippen molar-refractivity contribution >= 4 is 5.91 Å². The molecule has 1 aromatic heterocycles. The predicted octanol–water partition coefficient (Wildman–Crippen LogP) is 5.05. The first kappa shape index (κ1) is 23.5. The maximum absolute atomic E-state index is 13.2. The molecule has 170 valence electrons. The van der Waals surface area contributed by atoms with Crippen molar-refractivity contribution in [3.63, 3.8) is 0 Å². The number of hydrogen-bond acceptors (Lipinski definition) is 4. The first-order valence-corrected chi connectivity index (χ1v) is 11.5. The van der Waals surface area contributed by atoms with Crippen molar-refractivity contribution in [2.45, 2.75) is 84.5 Å². The third-order valence-electron chi connectivity index (χ3n) is 8.05. The molecular formula is C26H38N2O3. The zero-order valence-electron chi connectivity index (χ0n) is 19.6. The van der Waals surface area contributed by atoms with E-state index in [1.807, 2.05) is 43.9 Å². The number of likely N-dealkylation sites (tertiary alicyclic amines) is 1. The Balaban J connectivity index is 1.60. The zero-order valence-corrected chi connectivity index (χ0v) is 19.6. The molecule has 5 heteroatoms. The largest absolute Gasteiger partial charge is 0.473 e. The first-order valence-electron chi connectivity index (χ1n) is 11.5. The standard InChI is InChI=1S/C26H38N2O3/c1-7-24(6,19(3)4)20(5)31-22-10-9-21(17-27-22)18-28-16-15-25(23(28)29)11-13-26(30,8-2)14-12-25/h7,9-10,17,20,30H,1,3,8,11-16,18H2,2,4-6H3/t20-,24?,25?,26?/m0/s1. The van der Waals surface area contributed by atoms with E-state index in [-0.39, 0.29) is 22.8 Å². The van der Waals surface area contributed by atoms with E-state index in [4.69, 9.17) is 4.74 Å². The summed E-state index contributed by atoms with van der Waals surface area (Å²) in [5.74, 6) is 0.795. The lowest BCUT2D eigenvalue weighted by Gasteiger charge is -2.40. The van der Waals surface area contributed by atoms with Crippen LogP contribution in [0, 0.1) is 10.8 Å². The van der Waals surface area contributed by atoms with Gasteiger partial charge in [-0.05, 0) is 64.9 Å². The summed E-state index contributed by atoms with van der Waals surface area (Å²) in [4.78, 5) is 19.6. The van der Waals surface area contributed by atoms with Crippen molar-refractivity contribution < 1.29 is 14.6 Å². The van der Waals surface area contributed by atoms with E-state index in [1.165, 1.54) is 0 Å². The summed E-state index contributed by atoms with van der Waals surface area (Å²) in [5, 5.41) is 10.5. The minimum atomic E-state index is -0.582. The fraction of sp³-hybridized carbons (Fsp3) is 0.615. The highest BCUT2D eigenvalue weighted by Gasteiger charge is 2.50. The Morgan fingerprint density at radius 1 is 1.35 bits per heavy atom. The van der Waals surface area contributed by atoms with Crippen LogP contribution in [-0.2, 0) is 11.3 Å². The fourth-order valence-electron chi connectivity index (χ4n) is 4.84. The molecule has 2 fully saturated rings. The topological polar surface area (TPSA) is 62.7 Å². The highest BCUT2D eigenvalue weighted by molar-refractivity contribution is 5.85. The van der Waals surface area contributed by atoms with Gasteiger partial charge in [0.25, 0.3) is 0 Å². The Kier molecular flexibility index (Phi) is 6.66. The predicted molar refractivity (Wildman–Crippen MR) is 124 cm³/mol. The molecule has 0 radical (unpaired) electrons. The van der Waals surface area contributed by atoms with E-state index in [0.29, 0.717) is 12.4 Å². The second-order valence-corrected chi connectivity index (χ2v) is 9.87. The van der Waals surface area contributed by atoms with Crippen molar-refractivity contribution in [1.82, 2.24) is 9.88 Å². The fourth-order valence-corrected chi connectivity index (χ4v) is 4.84. The molecule has 1 spiro atoms. The molecule has 1 saturated heterocycles. The Morgan fingerprint density at radius 3 is 2.55 bits per heavy atom. The van der Waals surface area contributed by atoms with Gasteiger partial charge in [-0.3, -0.25) is 4.79 Å². The summed E-state index contributed by atoms with van der Waals surface area (Å²) in [6.07, 6.45) is 8.20. The summed E-state index contributed by atoms with van der Waals surface area (Å²) in [7, 11) is 0. The molecular weight excluding hydrogens is 388 g/mol. The van der Waals surface area contributed by atoms with Crippen LogP contribution in [0.3, 0.4) is 0 Å². The summed E-state index contributed by atoms with van der Waals surface area (Å²) in [5.41, 5.74) is 0.804. The SMILES string of the molecule is C=CC(C)(C(=C)C)[C@H](C)Oc1ccc(CN2CCC3(CCC(O)(CC)CC3)C2=O)cn1. The van der Waals surface area contributed by atoms with Gasteiger partial charge < -0.3 is 14.7 Å². The van der Waals surface area contributed by atoms with Crippen LogP contribution in [0.15, 0.2) is 43.1 Å². The summed E-state index contributed by atoms with van der Waals surface area (Å²) in [6, 6.07) is 3.85. The highest BCUT2D eigenvalue weighted by Crippen LogP contribution is 2.48. The minimum absolute atomic E-state index is 0.145. The van der Waals surface area contributed by atoms with E-state index in [0.717, 1.165) is 56.2 Å². The summed E-state index contributed by atoms with van der Waals surface area (Å²) < 4.78 is 6.05. The Bertz CT molecular complexity index is 824. The zero-order chi connectivity index (χ0) is 22.9. The number of aromatic nitrogens is 1. The highest BCUT2D eigenvalue weighted by atomic mass is 16.5. The van der Waals surface area contributed by atoms with E-state index >= 15 is 0 Å². The van der Waals surface area contributed by atoms with Gasteiger partial charge in [0.05, 0.1) is 11.0 Å². The summed E-state index contributed by atoms with van der Waals surface area (Å²) in [6.45, 7) is 17.4. The van der Waals surface area contributed by atoms with Gasteiger partial charge in [0.2, 0.25) is 11.8 Å². The van der Waals surface area contributed by atoms with Crippen LogP contribution in [0.4, 0.5) is 0 Å². The van der Waals surface area contributed by atoms with Gasteiger partial charge in [0.15, 0.2) is 0 Å². The van der Waals surface area contributed by atoms with Gasteiger partial charge in [-0.2, -0.15) is 0 Å². The van der Waals surface area contributed by atoms with Crippen LogP contribution in [0.25, 0.3) is 0 Å². The number of hydrogen-bond donors (Lipinski definition) is 1. The third-order valence-corrected chi connectivity index (χ3v) is 8.05. The van der Waals surface area contributed by atoms with Crippen LogP contribution >= 0.6 is 0 Å². The normalized spacial score (nSPS) is 28.9. The maximum atomic E-state index is 13.2. The lowest BCUT2D eigenvalue weighted by Crippen LogP contribution is -2.43. The molecule has 2 atom stereocenters. The summed E-state index contributed by atoms with van der Waals surface area (Å²) >= 11 is 0. The molecule has 2 aliphatic rings. The quantitative estimate of drug-likeness (QED) is 0.591. The Morgan fingerprint density at radius 2 is 2.03 bits per heavy atom. The van der Waals surface area contributed by atoms with Crippen molar-refractivity contribution in [3.8, 4) is 5.88 Å². The number of aliphatic hydroxyl groups is 1. The second kappa shape index (κ2) is 8.78. The van der Waals surface area contributed by atoms with Gasteiger partial charge in [0.1, 0.15) is 6.10 Å². The number of carbonyl (C=O) groups is 1. The monoisotopic (exact) mass is 426 g/mol. The third kappa shape index (κ3) is 4.57. The second-order valence-electron chi connectivity index (χ2n) is 9.87. The number of amides is 1. The van der Waals surface area contributed by atoms with Gasteiger partial charge in [-0.1, -0.05) is 31.2 Å². The molecule has 1 amide bonds. The molecule has 1 N–H and O–H groups in total. The van der Waals surface area contributed by atoms with E-state index in [2.05, 4.69) is 25.1 Å². The van der Waals surface area contributed by atoms with Gasteiger partial charge in [-0.25, -0.2) is 4.98 Å². The molecule has 1 aliphatic heterocycles. The van der Waals surface area contributed by atoms with Crippen molar-refractivity contribution in [1.29, 1.82) is 0 Å². The molecule has 1 aliphatic carbocycles. The van der Waals surface area contributed by atoms with Crippen molar-refractivity contribution in [2.24, 2.45) is 10.8 Å². The van der Waals surface area contributed by atoms with Crippen LogP contribution in [0.2, 0.25) is 0 Å². The van der Waals surface area contributed by atoms with Crippen LogP contribution in [0.5, 0.6) is 5.88 Å². The number of carbonyl (C=O) groups excluding carboxylic acids is 1. The van der Waals surface area contributed by atoms with E-state index < -0.39 is 5.60 Å². The molecule has 2 heterocycles. The van der Waals surface area contributed by atoms with Gasteiger partial charge in [-0.15, -0.1) is 6.58 Å². The Hall–Kier alpha value is -2.14. The van der Waals surface area contributed by atoms with Crippen LogP contribution < -0.4 is 4.74 Å². The molecule has 0 aromatic carbocycles. The van der Waals surface area contributed by atoms with Crippen molar-refractivity contribution in [3.05, 3.63) is 48.7 Å². The molecule has 3 rings (SSSR count). The Labute approximate surface area is 187 Å². The molecule has 1 aromatic rings.